The standard InChI is InChI=1S/C14H25N3O2/c1-16(2)12(18)11-4-8-17(9-5-11)13(19)14(10-15)6-3-7-14/h11H,3-10,15H2,1-2H3. The number of hydrogen-bond acceptors (Lipinski definition) is 3. The van der Waals surface area contributed by atoms with Gasteiger partial charge in [-0.05, 0) is 25.7 Å². The molecule has 0 aromatic carbocycles. The van der Waals surface area contributed by atoms with E-state index in [1.807, 2.05) is 4.90 Å². The lowest BCUT2D eigenvalue weighted by Crippen LogP contribution is -2.54. The first kappa shape index (κ1) is 14.3. The third-order valence-corrected chi connectivity index (χ3v) is 4.73. The number of nitrogens with zero attached hydrogens (tertiary/aromatic N) is 2. The lowest BCUT2D eigenvalue weighted by atomic mass is 9.67. The number of carbonyl (C=O) groups excluding carboxylic acids is 2. The zero-order valence-electron chi connectivity index (χ0n) is 12.0. The molecule has 5 nitrogen and oxygen atoms in total. The zero-order valence-corrected chi connectivity index (χ0v) is 12.0. The van der Waals surface area contributed by atoms with Crippen molar-refractivity contribution in [3.63, 3.8) is 0 Å². The quantitative estimate of drug-likeness (QED) is 0.807. The number of likely N-dealkylation sites (tertiary alicyclic amines) is 1. The summed E-state index contributed by atoms with van der Waals surface area (Å²) in [6.45, 7) is 1.86. The van der Waals surface area contributed by atoms with E-state index in [1.54, 1.807) is 19.0 Å². The summed E-state index contributed by atoms with van der Waals surface area (Å²) in [5.74, 6) is 0.482. The molecule has 0 aromatic rings. The maximum atomic E-state index is 12.5. The number of piperidine rings is 1. The van der Waals surface area contributed by atoms with Crippen LogP contribution in [0.15, 0.2) is 0 Å². The van der Waals surface area contributed by atoms with Crippen molar-refractivity contribution < 1.29 is 9.59 Å². The molecule has 1 aliphatic heterocycles. The molecule has 2 aliphatic rings. The van der Waals surface area contributed by atoms with Crippen molar-refractivity contribution >= 4 is 11.8 Å². The highest BCUT2D eigenvalue weighted by Gasteiger charge is 2.45. The molecule has 0 spiro atoms. The first-order chi connectivity index (χ1) is 9.00. The summed E-state index contributed by atoms with van der Waals surface area (Å²) in [4.78, 5) is 28.0. The van der Waals surface area contributed by atoms with Gasteiger partial charge in [0.25, 0.3) is 0 Å². The fourth-order valence-electron chi connectivity index (χ4n) is 3.14. The highest BCUT2D eigenvalue weighted by atomic mass is 16.2. The third kappa shape index (κ3) is 2.61. The van der Waals surface area contributed by atoms with Crippen molar-refractivity contribution in [3.05, 3.63) is 0 Å². The molecule has 1 saturated heterocycles. The fraction of sp³-hybridized carbons (Fsp3) is 0.857. The fourth-order valence-corrected chi connectivity index (χ4v) is 3.14. The van der Waals surface area contributed by atoms with Crippen LogP contribution in [0.5, 0.6) is 0 Å². The summed E-state index contributed by atoms with van der Waals surface area (Å²) in [5, 5.41) is 0. The third-order valence-electron chi connectivity index (χ3n) is 4.73. The van der Waals surface area contributed by atoms with Gasteiger partial charge < -0.3 is 15.5 Å². The number of nitrogens with two attached hydrogens (primary N) is 1. The van der Waals surface area contributed by atoms with Gasteiger partial charge in [0.1, 0.15) is 0 Å². The molecule has 2 amide bonds. The van der Waals surface area contributed by atoms with E-state index < -0.39 is 0 Å². The Kier molecular flexibility index (Phi) is 4.13. The van der Waals surface area contributed by atoms with Gasteiger partial charge in [0.15, 0.2) is 0 Å². The van der Waals surface area contributed by atoms with Gasteiger partial charge in [0.05, 0.1) is 5.41 Å². The average Bonchev–Trinajstić information content (AvgIpc) is 2.37. The predicted octanol–water partition coefficient (Wildman–Crippen LogP) is 0.442. The second kappa shape index (κ2) is 5.49. The second-order valence-electron chi connectivity index (χ2n) is 6.14. The van der Waals surface area contributed by atoms with E-state index in [1.165, 1.54) is 0 Å². The zero-order chi connectivity index (χ0) is 14.0. The largest absolute Gasteiger partial charge is 0.349 e. The normalized spacial score (nSPS) is 22.8. The Balaban J connectivity index is 1.90. The number of amides is 2. The van der Waals surface area contributed by atoms with Crippen molar-refractivity contribution in [1.29, 1.82) is 0 Å². The molecule has 5 heteroatoms. The minimum absolute atomic E-state index is 0.0780. The number of hydrogen-bond donors (Lipinski definition) is 1. The summed E-state index contributed by atoms with van der Waals surface area (Å²) >= 11 is 0. The maximum Gasteiger partial charge on any atom is 0.230 e. The molecule has 108 valence electrons. The van der Waals surface area contributed by atoms with Crippen LogP contribution in [0.3, 0.4) is 0 Å². The van der Waals surface area contributed by atoms with E-state index in [0.717, 1.165) is 32.1 Å². The van der Waals surface area contributed by atoms with Gasteiger partial charge in [-0.1, -0.05) is 6.42 Å². The minimum Gasteiger partial charge on any atom is -0.349 e. The second-order valence-corrected chi connectivity index (χ2v) is 6.14. The van der Waals surface area contributed by atoms with Gasteiger partial charge in [-0.2, -0.15) is 0 Å². The molecular weight excluding hydrogens is 242 g/mol. The first-order valence-electron chi connectivity index (χ1n) is 7.21. The molecule has 0 aromatic heterocycles. The van der Waals surface area contributed by atoms with Crippen molar-refractivity contribution in [1.82, 2.24) is 9.80 Å². The highest BCUT2D eigenvalue weighted by Crippen LogP contribution is 2.42. The van der Waals surface area contributed by atoms with Crippen LogP contribution in [0.25, 0.3) is 0 Å². The Bertz CT molecular complexity index is 350. The Morgan fingerprint density at radius 1 is 1.26 bits per heavy atom. The Labute approximate surface area is 115 Å². The monoisotopic (exact) mass is 267 g/mol. The van der Waals surface area contributed by atoms with Crippen LogP contribution in [0.1, 0.15) is 32.1 Å². The van der Waals surface area contributed by atoms with E-state index >= 15 is 0 Å². The van der Waals surface area contributed by atoms with E-state index in [-0.39, 0.29) is 23.1 Å². The van der Waals surface area contributed by atoms with E-state index in [2.05, 4.69) is 0 Å². The van der Waals surface area contributed by atoms with E-state index in [4.69, 9.17) is 5.73 Å². The van der Waals surface area contributed by atoms with Gasteiger partial charge in [0, 0.05) is 39.6 Å². The molecule has 0 atom stereocenters. The molecule has 19 heavy (non-hydrogen) atoms. The molecular formula is C14H25N3O2. The van der Waals surface area contributed by atoms with Crippen molar-refractivity contribution in [2.75, 3.05) is 33.7 Å². The Morgan fingerprint density at radius 2 is 1.84 bits per heavy atom. The molecule has 2 rings (SSSR count). The summed E-state index contributed by atoms with van der Waals surface area (Å²) in [6, 6.07) is 0. The summed E-state index contributed by atoms with van der Waals surface area (Å²) in [6.07, 6.45) is 4.53. The lowest BCUT2D eigenvalue weighted by molar-refractivity contribution is -0.150. The molecule has 1 aliphatic carbocycles. The van der Waals surface area contributed by atoms with Gasteiger partial charge in [-0.25, -0.2) is 0 Å². The molecule has 1 saturated carbocycles. The first-order valence-corrected chi connectivity index (χ1v) is 7.21. The van der Waals surface area contributed by atoms with Gasteiger partial charge in [0.2, 0.25) is 11.8 Å². The summed E-state index contributed by atoms with van der Waals surface area (Å²) in [5.41, 5.74) is 5.50. The molecule has 2 N–H and O–H groups in total. The number of rotatable bonds is 3. The van der Waals surface area contributed by atoms with E-state index in [9.17, 15) is 9.59 Å². The Morgan fingerprint density at radius 3 is 2.21 bits per heavy atom. The van der Waals surface area contributed by atoms with Crippen molar-refractivity contribution in [2.24, 2.45) is 17.1 Å². The lowest BCUT2D eigenvalue weighted by Gasteiger charge is -2.44. The molecule has 0 radical (unpaired) electrons. The SMILES string of the molecule is CN(C)C(=O)C1CCN(C(=O)C2(CN)CCC2)CC1. The predicted molar refractivity (Wildman–Crippen MR) is 73.3 cm³/mol. The van der Waals surface area contributed by atoms with Crippen LogP contribution in [0.4, 0.5) is 0 Å². The van der Waals surface area contributed by atoms with Gasteiger partial charge in [-0.15, -0.1) is 0 Å². The summed E-state index contributed by atoms with van der Waals surface area (Å²) < 4.78 is 0. The van der Waals surface area contributed by atoms with Crippen LogP contribution >= 0.6 is 0 Å². The molecule has 0 bridgehead atoms. The van der Waals surface area contributed by atoms with Crippen molar-refractivity contribution in [2.45, 2.75) is 32.1 Å². The average molecular weight is 267 g/mol. The van der Waals surface area contributed by atoms with Crippen LogP contribution in [-0.4, -0.2) is 55.3 Å². The Hall–Kier alpha value is -1.10. The minimum atomic E-state index is -0.279. The van der Waals surface area contributed by atoms with Crippen LogP contribution in [0, 0.1) is 11.3 Å². The van der Waals surface area contributed by atoms with Crippen LogP contribution in [-0.2, 0) is 9.59 Å². The maximum absolute atomic E-state index is 12.5. The van der Waals surface area contributed by atoms with E-state index in [0.29, 0.717) is 19.6 Å². The van der Waals surface area contributed by atoms with Gasteiger partial charge in [-0.3, -0.25) is 9.59 Å². The van der Waals surface area contributed by atoms with Gasteiger partial charge >= 0.3 is 0 Å². The molecule has 0 unspecified atom stereocenters. The highest BCUT2D eigenvalue weighted by molar-refractivity contribution is 5.84. The summed E-state index contributed by atoms with van der Waals surface area (Å²) in [7, 11) is 3.58. The van der Waals surface area contributed by atoms with Crippen LogP contribution < -0.4 is 5.73 Å². The molecule has 2 fully saturated rings. The molecule has 1 heterocycles. The smallest absolute Gasteiger partial charge is 0.230 e. The van der Waals surface area contributed by atoms with Crippen LogP contribution in [0.2, 0.25) is 0 Å². The van der Waals surface area contributed by atoms with Crippen molar-refractivity contribution in [3.8, 4) is 0 Å². The number of carbonyl (C=O) groups is 2. The topological polar surface area (TPSA) is 66.6 Å².